The highest BCUT2D eigenvalue weighted by Gasteiger charge is 2.28. The first-order chi connectivity index (χ1) is 11.7. The average Bonchev–Trinajstić information content (AvgIpc) is 2.63. The molecule has 3 rings (SSSR count). The fraction of sp³-hybridized carbons (Fsp3) is 0.429. The highest BCUT2D eigenvalue weighted by molar-refractivity contribution is 5.21. The molecule has 0 aromatic heterocycles. The molecule has 2 unspecified atom stereocenters. The summed E-state index contributed by atoms with van der Waals surface area (Å²) in [6.07, 6.45) is 2.07. The van der Waals surface area contributed by atoms with Crippen LogP contribution >= 0.6 is 0 Å². The van der Waals surface area contributed by atoms with Crippen molar-refractivity contribution in [2.45, 2.75) is 39.0 Å². The van der Waals surface area contributed by atoms with Crippen LogP contribution < -0.4 is 5.32 Å². The van der Waals surface area contributed by atoms with Crippen LogP contribution in [0.15, 0.2) is 54.6 Å². The van der Waals surface area contributed by atoms with E-state index in [0.717, 1.165) is 32.5 Å². The second kappa shape index (κ2) is 8.41. The summed E-state index contributed by atoms with van der Waals surface area (Å²) in [5.41, 5.74) is 3.88. The summed E-state index contributed by atoms with van der Waals surface area (Å²) in [5.74, 6) is 0.188. The Bertz CT molecular complexity index is 611. The van der Waals surface area contributed by atoms with Gasteiger partial charge in [-0.2, -0.15) is 0 Å². The molecule has 128 valence electrons. The molecule has 1 saturated heterocycles. The molecular formula is C21H27FN2. The molecule has 0 bridgehead atoms. The number of benzene rings is 2. The molecule has 0 aliphatic carbocycles. The van der Waals surface area contributed by atoms with Gasteiger partial charge in [0.15, 0.2) is 0 Å². The third-order valence-corrected chi connectivity index (χ3v) is 4.93. The molecule has 1 N–H and O–H groups in total. The minimum absolute atomic E-state index is 0.188. The summed E-state index contributed by atoms with van der Waals surface area (Å²) >= 11 is 0. The predicted molar refractivity (Wildman–Crippen MR) is 97.4 cm³/mol. The van der Waals surface area contributed by atoms with Gasteiger partial charge >= 0.3 is 0 Å². The highest BCUT2D eigenvalue weighted by atomic mass is 19.1. The lowest BCUT2D eigenvalue weighted by molar-refractivity contribution is 0.0706. The van der Waals surface area contributed by atoms with Gasteiger partial charge in [-0.15, -0.1) is 0 Å². The maximum atomic E-state index is 13.2. The first-order valence-electron chi connectivity index (χ1n) is 8.87. The standard InChI is InChI=1S/C21H27FN2/c1-17-7-9-18(10-8-17)15-23-21-13-20(14-22)11-12-24(21)16-19-5-3-2-4-6-19/h2-10,20-21,23H,11-16H2,1H3. The van der Waals surface area contributed by atoms with Crippen LogP contribution in [0.4, 0.5) is 4.39 Å². The Labute approximate surface area is 144 Å². The molecule has 2 aromatic carbocycles. The van der Waals surface area contributed by atoms with Gasteiger partial charge in [0, 0.05) is 19.6 Å². The van der Waals surface area contributed by atoms with E-state index in [-0.39, 0.29) is 18.8 Å². The van der Waals surface area contributed by atoms with E-state index in [1.165, 1.54) is 16.7 Å². The second-order valence-corrected chi connectivity index (χ2v) is 6.88. The Morgan fingerprint density at radius 1 is 1.04 bits per heavy atom. The molecule has 3 heteroatoms. The molecule has 2 atom stereocenters. The monoisotopic (exact) mass is 326 g/mol. The molecular weight excluding hydrogens is 299 g/mol. The average molecular weight is 326 g/mol. The van der Waals surface area contributed by atoms with Gasteiger partial charge in [0.1, 0.15) is 0 Å². The summed E-state index contributed by atoms with van der Waals surface area (Å²) in [4.78, 5) is 2.45. The number of hydrogen-bond acceptors (Lipinski definition) is 2. The van der Waals surface area contributed by atoms with E-state index in [4.69, 9.17) is 0 Å². The molecule has 1 aliphatic heterocycles. The van der Waals surface area contributed by atoms with Crippen LogP contribution in [0.3, 0.4) is 0 Å². The molecule has 2 aromatic rings. The lowest BCUT2D eigenvalue weighted by atomic mass is 9.95. The Balaban J connectivity index is 1.63. The summed E-state index contributed by atoms with van der Waals surface area (Å²) in [5, 5.41) is 3.65. The molecule has 1 heterocycles. The maximum absolute atomic E-state index is 13.2. The van der Waals surface area contributed by atoms with Gasteiger partial charge in [0.05, 0.1) is 12.8 Å². The molecule has 0 saturated carbocycles. The number of hydrogen-bond donors (Lipinski definition) is 1. The van der Waals surface area contributed by atoms with Gasteiger partial charge in [-0.25, -0.2) is 0 Å². The fourth-order valence-corrected chi connectivity index (χ4v) is 3.39. The zero-order valence-corrected chi connectivity index (χ0v) is 14.4. The fourth-order valence-electron chi connectivity index (χ4n) is 3.39. The number of nitrogens with zero attached hydrogens (tertiary/aromatic N) is 1. The van der Waals surface area contributed by atoms with Crippen molar-refractivity contribution in [2.24, 2.45) is 5.92 Å². The smallest absolute Gasteiger partial charge is 0.0924 e. The predicted octanol–water partition coefficient (Wildman–Crippen LogP) is 4.29. The SMILES string of the molecule is Cc1ccc(CNC2CC(CF)CCN2Cc2ccccc2)cc1. The van der Waals surface area contributed by atoms with Gasteiger partial charge in [-0.1, -0.05) is 60.2 Å². The van der Waals surface area contributed by atoms with Crippen LogP contribution in [0.1, 0.15) is 29.5 Å². The van der Waals surface area contributed by atoms with Crippen LogP contribution in [0, 0.1) is 12.8 Å². The Morgan fingerprint density at radius 2 is 1.79 bits per heavy atom. The number of nitrogens with one attached hydrogen (secondary N) is 1. The Hall–Kier alpha value is -1.71. The highest BCUT2D eigenvalue weighted by Crippen LogP contribution is 2.24. The quantitative estimate of drug-likeness (QED) is 0.852. The zero-order valence-electron chi connectivity index (χ0n) is 14.4. The van der Waals surface area contributed by atoms with Crippen LogP contribution in [0.25, 0.3) is 0 Å². The minimum Gasteiger partial charge on any atom is -0.298 e. The zero-order chi connectivity index (χ0) is 16.8. The maximum Gasteiger partial charge on any atom is 0.0924 e. The third kappa shape index (κ3) is 4.65. The van der Waals surface area contributed by atoms with E-state index in [9.17, 15) is 4.39 Å². The van der Waals surface area contributed by atoms with Gasteiger partial charge < -0.3 is 0 Å². The molecule has 0 amide bonds. The largest absolute Gasteiger partial charge is 0.298 e. The minimum atomic E-state index is -0.206. The topological polar surface area (TPSA) is 15.3 Å². The van der Waals surface area contributed by atoms with E-state index < -0.39 is 0 Å². The van der Waals surface area contributed by atoms with Crippen LogP contribution in [-0.4, -0.2) is 24.3 Å². The van der Waals surface area contributed by atoms with Gasteiger partial charge in [0.25, 0.3) is 0 Å². The normalized spacial score (nSPS) is 21.8. The van der Waals surface area contributed by atoms with Gasteiger partial charge in [-0.3, -0.25) is 14.6 Å². The van der Waals surface area contributed by atoms with E-state index in [1.54, 1.807) is 0 Å². The molecule has 2 nitrogen and oxygen atoms in total. The lowest BCUT2D eigenvalue weighted by Gasteiger charge is -2.39. The number of rotatable bonds is 6. The molecule has 0 spiro atoms. The summed E-state index contributed by atoms with van der Waals surface area (Å²) in [6, 6.07) is 19.2. The summed E-state index contributed by atoms with van der Waals surface area (Å²) in [6.45, 7) is 4.60. The molecule has 24 heavy (non-hydrogen) atoms. The van der Waals surface area contributed by atoms with Crippen molar-refractivity contribution in [1.82, 2.24) is 10.2 Å². The van der Waals surface area contributed by atoms with Crippen LogP contribution in [0.5, 0.6) is 0 Å². The molecule has 0 radical (unpaired) electrons. The first-order valence-corrected chi connectivity index (χ1v) is 8.87. The molecule has 1 aliphatic rings. The van der Waals surface area contributed by atoms with Crippen molar-refractivity contribution in [2.75, 3.05) is 13.2 Å². The van der Waals surface area contributed by atoms with Crippen molar-refractivity contribution in [3.05, 3.63) is 71.3 Å². The number of halogens is 1. The first kappa shape index (κ1) is 17.1. The second-order valence-electron chi connectivity index (χ2n) is 6.88. The van der Waals surface area contributed by atoms with E-state index in [0.29, 0.717) is 0 Å². The van der Waals surface area contributed by atoms with E-state index >= 15 is 0 Å². The number of aryl methyl sites for hydroxylation is 1. The van der Waals surface area contributed by atoms with Crippen molar-refractivity contribution < 1.29 is 4.39 Å². The van der Waals surface area contributed by atoms with Crippen molar-refractivity contribution in [3.63, 3.8) is 0 Å². The van der Waals surface area contributed by atoms with Crippen molar-refractivity contribution in [1.29, 1.82) is 0 Å². The number of alkyl halides is 1. The van der Waals surface area contributed by atoms with Gasteiger partial charge in [-0.05, 0) is 36.8 Å². The van der Waals surface area contributed by atoms with E-state index in [2.05, 4.69) is 65.7 Å². The molecule has 1 fully saturated rings. The number of piperidine rings is 1. The Kier molecular flexibility index (Phi) is 6.00. The van der Waals surface area contributed by atoms with Crippen molar-refractivity contribution in [3.8, 4) is 0 Å². The lowest BCUT2D eigenvalue weighted by Crippen LogP contribution is -2.50. The summed E-state index contributed by atoms with van der Waals surface area (Å²) in [7, 11) is 0. The Morgan fingerprint density at radius 3 is 2.50 bits per heavy atom. The third-order valence-electron chi connectivity index (χ3n) is 4.93. The van der Waals surface area contributed by atoms with Crippen molar-refractivity contribution >= 4 is 0 Å². The van der Waals surface area contributed by atoms with Crippen LogP contribution in [-0.2, 0) is 13.1 Å². The van der Waals surface area contributed by atoms with Crippen LogP contribution in [0.2, 0.25) is 0 Å². The van der Waals surface area contributed by atoms with Gasteiger partial charge in [0.2, 0.25) is 0 Å². The number of likely N-dealkylation sites (tertiary alicyclic amines) is 1. The summed E-state index contributed by atoms with van der Waals surface area (Å²) < 4.78 is 13.2. The van der Waals surface area contributed by atoms with E-state index in [1.807, 2.05) is 6.07 Å².